The second kappa shape index (κ2) is 3.17. The first kappa shape index (κ1) is 10.4. The molecule has 0 radical (unpaired) electrons. The molecule has 2 N–H and O–H groups in total. The Morgan fingerprint density at radius 2 is 2.07 bits per heavy atom. The molecule has 2 rings (SSSR count). The maximum absolute atomic E-state index is 9.01. The number of aliphatic hydroxyl groups excluding tert-OH is 1. The molecular weight excluding hydrogens is 182 g/mol. The van der Waals surface area contributed by atoms with Gasteiger partial charge in [0.2, 0.25) is 0 Å². The van der Waals surface area contributed by atoms with E-state index in [-0.39, 0.29) is 24.4 Å². The van der Waals surface area contributed by atoms with Crippen molar-refractivity contribution in [3.8, 4) is 0 Å². The van der Waals surface area contributed by atoms with Crippen molar-refractivity contribution < 1.29 is 14.6 Å². The molecule has 2 heterocycles. The van der Waals surface area contributed by atoms with Gasteiger partial charge in [0.15, 0.2) is 5.79 Å². The lowest BCUT2D eigenvalue weighted by molar-refractivity contribution is -0.158. The maximum Gasteiger partial charge on any atom is 0.163 e. The Balaban J connectivity index is 2.11. The van der Waals surface area contributed by atoms with Crippen molar-refractivity contribution in [1.82, 2.24) is 5.32 Å². The van der Waals surface area contributed by atoms with E-state index in [1.54, 1.807) is 0 Å². The van der Waals surface area contributed by atoms with Crippen molar-refractivity contribution in [2.45, 2.75) is 50.7 Å². The van der Waals surface area contributed by atoms with Crippen molar-refractivity contribution in [1.29, 1.82) is 0 Å². The summed E-state index contributed by atoms with van der Waals surface area (Å²) in [5.41, 5.74) is -0.146. The number of fused-ring (bicyclic) bond motifs is 1. The number of hydrogen-bond donors (Lipinski definition) is 2. The van der Waals surface area contributed by atoms with Crippen LogP contribution in [0.4, 0.5) is 0 Å². The van der Waals surface area contributed by atoms with Crippen LogP contribution < -0.4 is 5.32 Å². The number of hydrogen-bond acceptors (Lipinski definition) is 4. The Bertz CT molecular complexity index is 227. The summed E-state index contributed by atoms with van der Waals surface area (Å²) in [7, 11) is 0. The summed E-state index contributed by atoms with van der Waals surface area (Å²) in [6.07, 6.45) is 0.888. The van der Waals surface area contributed by atoms with E-state index >= 15 is 0 Å². The highest BCUT2D eigenvalue weighted by molar-refractivity contribution is 5.06. The minimum atomic E-state index is -0.478. The SMILES string of the molecule is CC1(C)O[C@@H]2[C@@H](CN[C@@]2(C)CCO)O1. The monoisotopic (exact) mass is 201 g/mol. The molecule has 0 saturated carbocycles. The fourth-order valence-corrected chi connectivity index (χ4v) is 2.42. The molecule has 2 saturated heterocycles. The molecule has 0 unspecified atom stereocenters. The average molecular weight is 201 g/mol. The van der Waals surface area contributed by atoms with Crippen LogP contribution in [0.15, 0.2) is 0 Å². The van der Waals surface area contributed by atoms with Gasteiger partial charge in [-0.05, 0) is 27.2 Å². The molecule has 0 amide bonds. The highest BCUT2D eigenvalue weighted by Gasteiger charge is 2.54. The Labute approximate surface area is 84.6 Å². The van der Waals surface area contributed by atoms with Crippen LogP contribution in [-0.2, 0) is 9.47 Å². The minimum Gasteiger partial charge on any atom is -0.396 e. The third kappa shape index (κ3) is 1.56. The van der Waals surface area contributed by atoms with Gasteiger partial charge in [-0.15, -0.1) is 0 Å². The van der Waals surface area contributed by atoms with E-state index in [4.69, 9.17) is 14.6 Å². The summed E-state index contributed by atoms with van der Waals surface area (Å²) in [5.74, 6) is -0.478. The van der Waals surface area contributed by atoms with Crippen molar-refractivity contribution in [2.75, 3.05) is 13.2 Å². The van der Waals surface area contributed by atoms with E-state index in [9.17, 15) is 0 Å². The van der Waals surface area contributed by atoms with Crippen LogP contribution in [0.2, 0.25) is 0 Å². The zero-order chi connectivity index (χ0) is 10.4. The smallest absolute Gasteiger partial charge is 0.163 e. The minimum absolute atomic E-state index is 0.0599. The molecule has 0 aromatic heterocycles. The second-order valence-electron chi connectivity index (χ2n) is 4.87. The second-order valence-corrected chi connectivity index (χ2v) is 4.87. The molecule has 0 aliphatic carbocycles. The molecule has 2 aliphatic heterocycles. The van der Waals surface area contributed by atoms with E-state index in [0.717, 1.165) is 6.54 Å². The largest absolute Gasteiger partial charge is 0.396 e. The van der Waals surface area contributed by atoms with Crippen LogP contribution in [0, 0.1) is 0 Å². The third-order valence-corrected chi connectivity index (χ3v) is 3.15. The van der Waals surface area contributed by atoms with Gasteiger partial charge >= 0.3 is 0 Å². The number of rotatable bonds is 2. The molecule has 2 aliphatic rings. The number of aliphatic hydroxyl groups is 1. The lowest BCUT2D eigenvalue weighted by Gasteiger charge is -2.31. The molecule has 0 spiro atoms. The number of ether oxygens (including phenoxy) is 2. The summed E-state index contributed by atoms with van der Waals surface area (Å²) in [4.78, 5) is 0. The predicted octanol–water partition coefficient (Wildman–Crippen LogP) is 0.251. The predicted molar refractivity (Wildman–Crippen MR) is 51.9 cm³/mol. The lowest BCUT2D eigenvalue weighted by atomic mass is 9.92. The van der Waals surface area contributed by atoms with E-state index in [0.29, 0.717) is 6.42 Å². The van der Waals surface area contributed by atoms with Crippen LogP contribution in [0.1, 0.15) is 27.2 Å². The van der Waals surface area contributed by atoms with Gasteiger partial charge in [0.25, 0.3) is 0 Å². The van der Waals surface area contributed by atoms with Gasteiger partial charge in [-0.2, -0.15) is 0 Å². The quantitative estimate of drug-likeness (QED) is 0.672. The highest BCUT2D eigenvalue weighted by Crippen LogP contribution is 2.38. The van der Waals surface area contributed by atoms with Crippen molar-refractivity contribution in [2.24, 2.45) is 0 Å². The molecule has 0 aromatic rings. The Morgan fingerprint density at radius 3 is 2.71 bits per heavy atom. The normalized spacial score (nSPS) is 45.4. The first-order valence-corrected chi connectivity index (χ1v) is 5.18. The molecule has 82 valence electrons. The Morgan fingerprint density at radius 1 is 1.36 bits per heavy atom. The van der Waals surface area contributed by atoms with Gasteiger partial charge in [-0.3, -0.25) is 0 Å². The summed E-state index contributed by atoms with van der Waals surface area (Å²) in [5, 5.41) is 12.4. The summed E-state index contributed by atoms with van der Waals surface area (Å²) in [6, 6.07) is 0. The Hall–Kier alpha value is -0.160. The number of nitrogens with one attached hydrogen (secondary N) is 1. The van der Waals surface area contributed by atoms with Gasteiger partial charge in [-0.1, -0.05) is 0 Å². The third-order valence-electron chi connectivity index (χ3n) is 3.15. The summed E-state index contributed by atoms with van der Waals surface area (Å²) >= 11 is 0. The van der Waals surface area contributed by atoms with Crippen LogP contribution in [0.3, 0.4) is 0 Å². The van der Waals surface area contributed by atoms with Crippen LogP contribution in [-0.4, -0.2) is 41.8 Å². The first-order chi connectivity index (χ1) is 6.47. The fourth-order valence-electron chi connectivity index (χ4n) is 2.42. The first-order valence-electron chi connectivity index (χ1n) is 5.18. The molecule has 2 fully saturated rings. The van der Waals surface area contributed by atoms with E-state index in [1.165, 1.54) is 0 Å². The van der Waals surface area contributed by atoms with Crippen LogP contribution in [0.25, 0.3) is 0 Å². The van der Waals surface area contributed by atoms with Gasteiger partial charge < -0.3 is 19.9 Å². The standard InChI is InChI=1S/C10H19NO3/c1-9(2)13-7-6-11-10(3,4-5-12)8(7)14-9/h7-8,11-12H,4-6H2,1-3H3/t7-,8-,10+/m1/s1. The Kier molecular flexibility index (Phi) is 2.34. The van der Waals surface area contributed by atoms with Crippen molar-refractivity contribution in [3.05, 3.63) is 0 Å². The highest BCUT2D eigenvalue weighted by atomic mass is 16.8. The van der Waals surface area contributed by atoms with Gasteiger partial charge in [0.05, 0.1) is 0 Å². The molecule has 0 bridgehead atoms. The molecule has 14 heavy (non-hydrogen) atoms. The van der Waals surface area contributed by atoms with E-state index < -0.39 is 5.79 Å². The summed E-state index contributed by atoms with van der Waals surface area (Å²) < 4.78 is 11.6. The topological polar surface area (TPSA) is 50.7 Å². The van der Waals surface area contributed by atoms with Crippen molar-refractivity contribution in [3.63, 3.8) is 0 Å². The molecular formula is C10H19NO3. The van der Waals surface area contributed by atoms with Gasteiger partial charge in [0.1, 0.15) is 12.2 Å². The fraction of sp³-hybridized carbons (Fsp3) is 1.00. The summed E-state index contributed by atoms with van der Waals surface area (Å²) in [6.45, 7) is 6.94. The molecule has 4 heteroatoms. The van der Waals surface area contributed by atoms with E-state index in [2.05, 4.69) is 12.2 Å². The molecule has 3 atom stereocenters. The maximum atomic E-state index is 9.01. The molecule has 4 nitrogen and oxygen atoms in total. The molecule has 0 aromatic carbocycles. The van der Waals surface area contributed by atoms with E-state index in [1.807, 2.05) is 13.8 Å². The lowest BCUT2D eigenvalue weighted by Crippen LogP contribution is -2.47. The van der Waals surface area contributed by atoms with Crippen LogP contribution in [0.5, 0.6) is 0 Å². The zero-order valence-corrected chi connectivity index (χ0v) is 9.04. The van der Waals surface area contributed by atoms with Crippen LogP contribution >= 0.6 is 0 Å². The van der Waals surface area contributed by atoms with Gasteiger partial charge in [-0.25, -0.2) is 0 Å². The average Bonchev–Trinajstić information content (AvgIpc) is 2.50. The van der Waals surface area contributed by atoms with Gasteiger partial charge in [0, 0.05) is 18.7 Å². The van der Waals surface area contributed by atoms with Crippen molar-refractivity contribution >= 4 is 0 Å². The zero-order valence-electron chi connectivity index (χ0n) is 9.04.